The second-order valence-electron chi connectivity index (χ2n) is 4.56. The van der Waals surface area contributed by atoms with Gasteiger partial charge >= 0.3 is 12.0 Å². The molecular formula is C17H15BrN2O3. The van der Waals surface area contributed by atoms with Crippen LogP contribution in [-0.4, -0.2) is 19.1 Å². The van der Waals surface area contributed by atoms with E-state index in [0.29, 0.717) is 11.3 Å². The molecule has 6 heteroatoms. The van der Waals surface area contributed by atoms with E-state index >= 15 is 0 Å². The summed E-state index contributed by atoms with van der Waals surface area (Å²) in [5.41, 5.74) is 1.96. The van der Waals surface area contributed by atoms with Gasteiger partial charge in [0.15, 0.2) is 0 Å². The quantitative estimate of drug-likeness (QED) is 0.793. The first-order valence-electron chi connectivity index (χ1n) is 6.76. The van der Waals surface area contributed by atoms with E-state index in [2.05, 4.69) is 31.3 Å². The van der Waals surface area contributed by atoms with E-state index in [-0.39, 0.29) is 6.03 Å². The van der Waals surface area contributed by atoms with E-state index in [0.717, 1.165) is 10.0 Å². The van der Waals surface area contributed by atoms with Crippen LogP contribution in [-0.2, 0) is 4.74 Å². The molecule has 2 rings (SSSR count). The Labute approximate surface area is 142 Å². The Kier molecular flexibility index (Phi) is 5.94. The summed E-state index contributed by atoms with van der Waals surface area (Å²) < 4.78 is 5.58. The van der Waals surface area contributed by atoms with Gasteiger partial charge in [-0.3, -0.25) is 0 Å². The molecule has 2 amide bonds. The molecule has 2 N–H and O–H groups in total. The number of amides is 2. The summed E-state index contributed by atoms with van der Waals surface area (Å²) in [6.45, 7) is 0. The third-order valence-corrected chi connectivity index (χ3v) is 3.40. The number of anilines is 1. The van der Waals surface area contributed by atoms with Crippen molar-refractivity contribution in [2.75, 3.05) is 12.4 Å². The molecule has 2 aromatic carbocycles. The van der Waals surface area contributed by atoms with Crippen LogP contribution in [0.3, 0.4) is 0 Å². The normalized spacial score (nSPS) is 10.3. The van der Waals surface area contributed by atoms with Gasteiger partial charge in [-0.1, -0.05) is 28.1 Å². The molecule has 0 unspecified atom stereocenters. The lowest BCUT2D eigenvalue weighted by Crippen LogP contribution is -2.23. The van der Waals surface area contributed by atoms with E-state index in [1.807, 2.05) is 24.3 Å². The Hall–Kier alpha value is -2.60. The number of carbonyl (C=O) groups excluding carboxylic acids is 2. The predicted octanol–water partition coefficient (Wildman–Crippen LogP) is 4.03. The van der Waals surface area contributed by atoms with E-state index in [1.165, 1.54) is 7.11 Å². The molecular weight excluding hydrogens is 360 g/mol. The molecule has 0 bridgehead atoms. The summed E-state index contributed by atoms with van der Waals surface area (Å²) >= 11 is 3.38. The molecule has 2 aromatic rings. The smallest absolute Gasteiger partial charge is 0.337 e. The maximum atomic E-state index is 11.8. The van der Waals surface area contributed by atoms with Gasteiger partial charge in [0.25, 0.3) is 0 Å². The number of halogens is 1. The first kappa shape index (κ1) is 16.8. The predicted molar refractivity (Wildman–Crippen MR) is 93.1 cm³/mol. The average Bonchev–Trinajstić information content (AvgIpc) is 2.55. The number of hydrogen-bond donors (Lipinski definition) is 2. The Morgan fingerprint density at radius 1 is 1.13 bits per heavy atom. The van der Waals surface area contributed by atoms with Crippen molar-refractivity contribution >= 4 is 39.7 Å². The van der Waals surface area contributed by atoms with Gasteiger partial charge in [0.05, 0.1) is 12.7 Å². The third-order valence-electron chi connectivity index (χ3n) is 2.90. The number of carbonyl (C=O) groups is 2. The van der Waals surface area contributed by atoms with E-state index in [1.54, 1.807) is 36.5 Å². The minimum Gasteiger partial charge on any atom is -0.465 e. The van der Waals surface area contributed by atoms with Crippen LogP contribution in [0, 0.1) is 0 Å². The Balaban J connectivity index is 1.88. The standard InChI is InChI=1S/C17H15BrN2O3/c1-23-16(21)13-5-7-15(8-6-13)20-17(22)19-10-9-12-3-2-4-14(18)11-12/h2-11H,1H3,(H2,19,20,22)/b10-9+. The molecule has 0 aromatic heterocycles. The molecule has 0 saturated heterocycles. The zero-order valence-corrected chi connectivity index (χ0v) is 14.0. The second-order valence-corrected chi connectivity index (χ2v) is 5.47. The van der Waals surface area contributed by atoms with Crippen molar-refractivity contribution < 1.29 is 14.3 Å². The summed E-state index contributed by atoms with van der Waals surface area (Å²) in [6.07, 6.45) is 3.34. The zero-order chi connectivity index (χ0) is 16.7. The number of methoxy groups -OCH3 is 1. The molecule has 0 aliphatic rings. The highest BCUT2D eigenvalue weighted by Crippen LogP contribution is 2.12. The van der Waals surface area contributed by atoms with Gasteiger partial charge in [0.1, 0.15) is 0 Å². The van der Waals surface area contributed by atoms with Crippen LogP contribution in [0.2, 0.25) is 0 Å². The fourth-order valence-corrected chi connectivity index (χ4v) is 2.22. The van der Waals surface area contributed by atoms with Crippen molar-refractivity contribution in [2.24, 2.45) is 0 Å². The van der Waals surface area contributed by atoms with Gasteiger partial charge < -0.3 is 15.4 Å². The van der Waals surface area contributed by atoms with Crippen LogP contribution in [0.5, 0.6) is 0 Å². The Morgan fingerprint density at radius 2 is 1.87 bits per heavy atom. The van der Waals surface area contributed by atoms with Crippen LogP contribution >= 0.6 is 15.9 Å². The Bertz CT molecular complexity index is 727. The molecule has 0 atom stereocenters. The molecule has 0 aliphatic heterocycles. The zero-order valence-electron chi connectivity index (χ0n) is 12.4. The van der Waals surface area contributed by atoms with Crippen molar-refractivity contribution in [3.8, 4) is 0 Å². The average molecular weight is 375 g/mol. The topological polar surface area (TPSA) is 67.4 Å². The van der Waals surface area contributed by atoms with Crippen LogP contribution in [0.15, 0.2) is 59.2 Å². The van der Waals surface area contributed by atoms with Crippen LogP contribution in [0.1, 0.15) is 15.9 Å². The summed E-state index contributed by atoms with van der Waals surface area (Å²) in [5, 5.41) is 5.27. The fourth-order valence-electron chi connectivity index (χ4n) is 1.80. The lowest BCUT2D eigenvalue weighted by atomic mass is 10.2. The highest BCUT2D eigenvalue weighted by molar-refractivity contribution is 9.10. The molecule has 118 valence electrons. The van der Waals surface area contributed by atoms with Crippen molar-refractivity contribution in [3.63, 3.8) is 0 Å². The highest BCUT2D eigenvalue weighted by atomic mass is 79.9. The van der Waals surface area contributed by atoms with E-state index in [4.69, 9.17) is 0 Å². The monoisotopic (exact) mass is 374 g/mol. The summed E-state index contributed by atoms with van der Waals surface area (Å²) in [6, 6.07) is 13.7. The Morgan fingerprint density at radius 3 is 2.52 bits per heavy atom. The number of esters is 1. The SMILES string of the molecule is COC(=O)c1ccc(NC(=O)N/C=C/c2cccc(Br)c2)cc1. The fraction of sp³-hybridized carbons (Fsp3) is 0.0588. The molecule has 0 radical (unpaired) electrons. The first-order chi connectivity index (χ1) is 11.1. The molecule has 23 heavy (non-hydrogen) atoms. The van der Waals surface area contributed by atoms with E-state index < -0.39 is 5.97 Å². The number of hydrogen-bond acceptors (Lipinski definition) is 3. The maximum Gasteiger partial charge on any atom is 0.337 e. The lowest BCUT2D eigenvalue weighted by molar-refractivity contribution is 0.0601. The minimum atomic E-state index is -0.419. The second kappa shape index (κ2) is 8.14. The van der Waals surface area contributed by atoms with Crippen LogP contribution in [0.25, 0.3) is 6.08 Å². The van der Waals surface area contributed by atoms with Crippen molar-refractivity contribution in [3.05, 3.63) is 70.3 Å². The van der Waals surface area contributed by atoms with Gasteiger partial charge in [-0.25, -0.2) is 9.59 Å². The minimum absolute atomic E-state index is 0.373. The molecule has 0 fully saturated rings. The van der Waals surface area contributed by atoms with Gasteiger partial charge in [0, 0.05) is 16.4 Å². The number of nitrogens with one attached hydrogen (secondary N) is 2. The molecule has 0 spiro atoms. The number of urea groups is 1. The third kappa shape index (κ3) is 5.27. The number of benzene rings is 2. The number of rotatable bonds is 4. The van der Waals surface area contributed by atoms with Gasteiger partial charge in [0.2, 0.25) is 0 Å². The van der Waals surface area contributed by atoms with E-state index in [9.17, 15) is 9.59 Å². The lowest BCUT2D eigenvalue weighted by Gasteiger charge is -2.05. The van der Waals surface area contributed by atoms with Crippen molar-refractivity contribution in [1.82, 2.24) is 5.32 Å². The summed E-state index contributed by atoms with van der Waals surface area (Å²) in [5.74, 6) is -0.419. The highest BCUT2D eigenvalue weighted by Gasteiger charge is 2.05. The molecule has 5 nitrogen and oxygen atoms in total. The van der Waals surface area contributed by atoms with Gasteiger partial charge in [-0.05, 0) is 48.0 Å². The maximum absolute atomic E-state index is 11.8. The van der Waals surface area contributed by atoms with Crippen molar-refractivity contribution in [1.29, 1.82) is 0 Å². The van der Waals surface area contributed by atoms with Gasteiger partial charge in [-0.2, -0.15) is 0 Å². The van der Waals surface area contributed by atoms with Crippen LogP contribution in [0.4, 0.5) is 10.5 Å². The summed E-state index contributed by atoms with van der Waals surface area (Å²) in [4.78, 5) is 23.1. The summed E-state index contributed by atoms with van der Waals surface area (Å²) in [7, 11) is 1.32. The first-order valence-corrected chi connectivity index (χ1v) is 7.56. The molecule has 0 saturated carbocycles. The number of ether oxygens (including phenoxy) is 1. The molecule has 0 aliphatic carbocycles. The van der Waals surface area contributed by atoms with Gasteiger partial charge in [-0.15, -0.1) is 0 Å². The molecule has 0 heterocycles. The van der Waals surface area contributed by atoms with Crippen molar-refractivity contribution in [2.45, 2.75) is 0 Å². The van der Waals surface area contributed by atoms with Crippen LogP contribution < -0.4 is 10.6 Å². The largest absolute Gasteiger partial charge is 0.465 e.